The zero-order valence-corrected chi connectivity index (χ0v) is 10.0. The molecule has 0 bridgehead atoms. The molecular weight excluding hydrogens is 192 g/mol. The van der Waals surface area contributed by atoms with Crippen molar-refractivity contribution in [2.75, 3.05) is 6.61 Å². The molecule has 0 radical (unpaired) electrons. The maximum absolute atomic E-state index is 11.5. The van der Waals surface area contributed by atoms with E-state index in [0.717, 1.165) is 12.8 Å². The topological polar surface area (TPSA) is 35.5 Å². The van der Waals surface area contributed by atoms with Gasteiger partial charge in [0.15, 0.2) is 11.6 Å². The molecular formula is C12H22O3. The van der Waals surface area contributed by atoms with Gasteiger partial charge in [-0.2, -0.15) is 0 Å². The van der Waals surface area contributed by atoms with Gasteiger partial charge >= 0.3 is 0 Å². The molecule has 3 nitrogen and oxygen atoms in total. The summed E-state index contributed by atoms with van der Waals surface area (Å²) in [6.45, 7) is 6.10. The first-order chi connectivity index (χ1) is 7.05. The lowest BCUT2D eigenvalue weighted by molar-refractivity contribution is -0.259. The number of Topliss-reactive ketones (excluding diaryl/α,β-unsaturated/α-hetero) is 1. The normalized spacial score (nSPS) is 25.5. The molecule has 1 aliphatic rings. The number of hydrogen-bond donors (Lipinski definition) is 0. The Hall–Kier alpha value is -0.410. The van der Waals surface area contributed by atoms with Crippen LogP contribution in [0.5, 0.6) is 0 Å². The molecule has 0 spiro atoms. The van der Waals surface area contributed by atoms with Gasteiger partial charge in [0, 0.05) is 0 Å². The van der Waals surface area contributed by atoms with E-state index >= 15 is 0 Å². The molecule has 0 aromatic carbocycles. The number of rotatable bonds is 5. The number of ketones is 1. The molecule has 0 aromatic heterocycles. The lowest BCUT2D eigenvalue weighted by Crippen LogP contribution is -2.45. The number of carbonyl (C=O) groups is 1. The maximum Gasteiger partial charge on any atom is 0.187 e. The van der Waals surface area contributed by atoms with Crippen LogP contribution >= 0.6 is 0 Å². The van der Waals surface area contributed by atoms with Gasteiger partial charge in [-0.15, -0.1) is 0 Å². The van der Waals surface area contributed by atoms with Crippen LogP contribution < -0.4 is 0 Å². The lowest BCUT2D eigenvalue weighted by Gasteiger charge is -2.34. The fourth-order valence-corrected chi connectivity index (χ4v) is 1.76. The predicted molar refractivity (Wildman–Crippen MR) is 58.7 cm³/mol. The molecule has 1 rings (SSSR count). The summed E-state index contributed by atoms with van der Waals surface area (Å²) in [4.78, 5) is 11.5. The van der Waals surface area contributed by atoms with Gasteiger partial charge in [-0.05, 0) is 20.3 Å². The van der Waals surface area contributed by atoms with Crippen LogP contribution in [0.15, 0.2) is 0 Å². The van der Waals surface area contributed by atoms with E-state index in [2.05, 4.69) is 6.92 Å². The molecule has 1 fully saturated rings. The van der Waals surface area contributed by atoms with Gasteiger partial charge in [-0.3, -0.25) is 4.79 Å². The van der Waals surface area contributed by atoms with Crippen molar-refractivity contribution >= 4 is 5.78 Å². The summed E-state index contributed by atoms with van der Waals surface area (Å²) >= 11 is 0. The molecule has 1 aliphatic heterocycles. The van der Waals surface area contributed by atoms with E-state index in [9.17, 15) is 4.79 Å². The second kappa shape index (κ2) is 5.61. The predicted octanol–water partition coefficient (Wildman–Crippen LogP) is 2.68. The fourth-order valence-electron chi connectivity index (χ4n) is 1.76. The molecule has 0 aliphatic carbocycles. The largest absolute Gasteiger partial charge is 0.343 e. The summed E-state index contributed by atoms with van der Waals surface area (Å²) in [5.41, 5.74) is 0. The van der Waals surface area contributed by atoms with Crippen LogP contribution in [-0.4, -0.2) is 24.3 Å². The molecule has 3 heteroatoms. The molecule has 88 valence electrons. The van der Waals surface area contributed by atoms with Gasteiger partial charge < -0.3 is 9.47 Å². The molecule has 15 heavy (non-hydrogen) atoms. The van der Waals surface area contributed by atoms with E-state index in [1.165, 1.54) is 19.3 Å². The first kappa shape index (κ1) is 12.7. The summed E-state index contributed by atoms with van der Waals surface area (Å²) in [6.07, 6.45) is 5.30. The Bertz CT molecular complexity index is 211. The van der Waals surface area contributed by atoms with Gasteiger partial charge in [-0.1, -0.05) is 32.6 Å². The zero-order chi connectivity index (χ0) is 11.3. The minimum absolute atomic E-state index is 0.0887. The Morgan fingerprint density at radius 3 is 2.73 bits per heavy atom. The second-order valence-corrected chi connectivity index (χ2v) is 4.61. The second-order valence-electron chi connectivity index (χ2n) is 4.61. The fraction of sp³-hybridized carbons (Fsp3) is 0.917. The third-order valence-corrected chi connectivity index (χ3v) is 2.67. The molecule has 0 saturated carbocycles. The summed E-state index contributed by atoms with van der Waals surface area (Å²) in [5.74, 6) is -0.505. The highest BCUT2D eigenvalue weighted by Crippen LogP contribution is 2.23. The number of ether oxygens (including phenoxy) is 2. The van der Waals surface area contributed by atoms with Gasteiger partial charge in [0.2, 0.25) is 0 Å². The minimum Gasteiger partial charge on any atom is -0.343 e. The van der Waals surface area contributed by atoms with E-state index in [1.807, 2.05) is 13.8 Å². The monoisotopic (exact) mass is 214 g/mol. The molecule has 0 aromatic rings. The van der Waals surface area contributed by atoms with Crippen molar-refractivity contribution in [2.24, 2.45) is 0 Å². The van der Waals surface area contributed by atoms with Crippen molar-refractivity contribution in [3.8, 4) is 0 Å². The van der Waals surface area contributed by atoms with E-state index in [4.69, 9.17) is 9.47 Å². The quantitative estimate of drug-likeness (QED) is 0.660. The highest BCUT2D eigenvalue weighted by Gasteiger charge is 2.34. The SMILES string of the molecule is CCCCCCC1OC(C)(C)OCC1=O. The first-order valence-electron chi connectivity index (χ1n) is 5.89. The number of carbonyl (C=O) groups excluding carboxylic acids is 1. The standard InChI is InChI=1S/C12H22O3/c1-4-5-6-7-8-11-10(13)9-14-12(2,3)15-11/h11H,4-9H2,1-3H3. The lowest BCUT2D eigenvalue weighted by atomic mass is 10.0. The van der Waals surface area contributed by atoms with Crippen LogP contribution in [0, 0.1) is 0 Å². The van der Waals surface area contributed by atoms with Gasteiger partial charge in [-0.25, -0.2) is 0 Å². The van der Waals surface area contributed by atoms with Crippen molar-refractivity contribution < 1.29 is 14.3 Å². The summed E-state index contributed by atoms with van der Waals surface area (Å²) in [6, 6.07) is 0. The Morgan fingerprint density at radius 2 is 2.07 bits per heavy atom. The average Bonchev–Trinajstić information content (AvgIpc) is 2.18. The van der Waals surface area contributed by atoms with E-state index in [1.54, 1.807) is 0 Å². The molecule has 1 saturated heterocycles. The van der Waals surface area contributed by atoms with Crippen molar-refractivity contribution in [1.82, 2.24) is 0 Å². The summed E-state index contributed by atoms with van der Waals surface area (Å²) in [5, 5.41) is 0. The van der Waals surface area contributed by atoms with Crippen LogP contribution in [0.25, 0.3) is 0 Å². The van der Waals surface area contributed by atoms with Crippen LogP contribution in [0.1, 0.15) is 52.9 Å². The van der Waals surface area contributed by atoms with Crippen molar-refractivity contribution in [3.63, 3.8) is 0 Å². The Balaban J connectivity index is 2.29. The van der Waals surface area contributed by atoms with Crippen molar-refractivity contribution in [1.29, 1.82) is 0 Å². The number of hydrogen-bond acceptors (Lipinski definition) is 3. The molecule has 1 atom stereocenters. The average molecular weight is 214 g/mol. The maximum atomic E-state index is 11.5. The van der Waals surface area contributed by atoms with E-state index in [0.29, 0.717) is 0 Å². The van der Waals surface area contributed by atoms with Gasteiger partial charge in [0.1, 0.15) is 12.7 Å². The van der Waals surface area contributed by atoms with Crippen molar-refractivity contribution in [2.45, 2.75) is 64.8 Å². The molecule has 1 unspecified atom stereocenters. The Kier molecular flexibility index (Phi) is 4.74. The molecule has 0 N–H and O–H groups in total. The Morgan fingerprint density at radius 1 is 1.33 bits per heavy atom. The summed E-state index contributed by atoms with van der Waals surface area (Å²) < 4.78 is 10.9. The first-order valence-corrected chi connectivity index (χ1v) is 5.89. The van der Waals surface area contributed by atoms with E-state index in [-0.39, 0.29) is 18.5 Å². The highest BCUT2D eigenvalue weighted by atomic mass is 16.7. The zero-order valence-electron chi connectivity index (χ0n) is 10.0. The summed E-state index contributed by atoms with van der Waals surface area (Å²) in [7, 11) is 0. The molecule has 1 heterocycles. The number of unbranched alkanes of at least 4 members (excludes halogenated alkanes) is 3. The Labute approximate surface area is 92.1 Å². The van der Waals surface area contributed by atoms with E-state index < -0.39 is 5.79 Å². The highest BCUT2D eigenvalue weighted by molar-refractivity contribution is 5.84. The van der Waals surface area contributed by atoms with Crippen LogP contribution in [0.4, 0.5) is 0 Å². The van der Waals surface area contributed by atoms with Crippen LogP contribution in [-0.2, 0) is 14.3 Å². The third-order valence-electron chi connectivity index (χ3n) is 2.67. The third kappa shape index (κ3) is 4.31. The smallest absolute Gasteiger partial charge is 0.187 e. The van der Waals surface area contributed by atoms with Gasteiger partial charge in [0.25, 0.3) is 0 Å². The van der Waals surface area contributed by atoms with Gasteiger partial charge in [0.05, 0.1) is 0 Å². The van der Waals surface area contributed by atoms with Crippen LogP contribution in [0.2, 0.25) is 0 Å². The van der Waals surface area contributed by atoms with Crippen LogP contribution in [0.3, 0.4) is 0 Å². The van der Waals surface area contributed by atoms with Crippen molar-refractivity contribution in [3.05, 3.63) is 0 Å². The molecule has 0 amide bonds. The minimum atomic E-state index is -0.594.